The lowest BCUT2D eigenvalue weighted by molar-refractivity contribution is -0.159. The SMILES string of the molecule is CCOC(=O)c1c(NC(=O)CNCCCN2CCOCC2)sc(C)c1C.O=C(O)C(=O)O.O=C(O)C(=O)O. The zero-order chi connectivity index (χ0) is 29.3. The maximum absolute atomic E-state index is 12.2. The smallest absolute Gasteiger partial charge is 0.414 e. The van der Waals surface area contributed by atoms with Gasteiger partial charge in [-0.2, -0.15) is 0 Å². The summed E-state index contributed by atoms with van der Waals surface area (Å²) in [5, 5.41) is 36.1. The molecular formula is C22H33N3O12S. The van der Waals surface area contributed by atoms with Crippen molar-refractivity contribution in [2.24, 2.45) is 0 Å². The Hall–Kier alpha value is -3.60. The first-order chi connectivity index (χ1) is 17.8. The summed E-state index contributed by atoms with van der Waals surface area (Å²) in [5.74, 6) is -7.83. The van der Waals surface area contributed by atoms with Gasteiger partial charge in [-0.1, -0.05) is 0 Å². The van der Waals surface area contributed by atoms with Gasteiger partial charge in [-0.3, -0.25) is 9.69 Å². The molecule has 0 unspecified atom stereocenters. The molecule has 1 aromatic heterocycles. The Morgan fingerprint density at radius 1 is 0.947 bits per heavy atom. The van der Waals surface area contributed by atoms with Crippen LogP contribution in [0.25, 0.3) is 0 Å². The number of carboxylic acids is 4. The van der Waals surface area contributed by atoms with Crippen LogP contribution < -0.4 is 10.6 Å². The summed E-state index contributed by atoms with van der Waals surface area (Å²) in [4.78, 5) is 64.1. The molecule has 2 rings (SSSR count). The second kappa shape index (κ2) is 18.6. The molecule has 16 heteroatoms. The Labute approximate surface area is 222 Å². The molecule has 0 aromatic carbocycles. The summed E-state index contributed by atoms with van der Waals surface area (Å²) in [6, 6.07) is 0. The van der Waals surface area contributed by atoms with Gasteiger partial charge in [0.1, 0.15) is 5.00 Å². The molecule has 214 valence electrons. The number of anilines is 1. The number of esters is 1. The van der Waals surface area contributed by atoms with Crippen molar-refractivity contribution >= 4 is 52.1 Å². The lowest BCUT2D eigenvalue weighted by atomic mass is 10.1. The number of morpholine rings is 1. The Kier molecular flexibility index (Phi) is 16.9. The minimum atomic E-state index is -1.82. The third-order valence-corrected chi connectivity index (χ3v) is 5.82. The van der Waals surface area contributed by atoms with E-state index in [1.807, 2.05) is 13.8 Å². The summed E-state index contributed by atoms with van der Waals surface area (Å²) in [6.45, 7) is 11.5. The summed E-state index contributed by atoms with van der Waals surface area (Å²) in [5.41, 5.74) is 1.33. The van der Waals surface area contributed by atoms with Crippen molar-refractivity contribution in [3.05, 3.63) is 16.0 Å². The number of carboxylic acid groups (broad SMARTS) is 4. The molecule has 1 fully saturated rings. The number of ether oxygens (including phenoxy) is 2. The molecule has 0 saturated carbocycles. The lowest BCUT2D eigenvalue weighted by Gasteiger charge is -2.26. The molecule has 0 aliphatic carbocycles. The molecule has 6 N–H and O–H groups in total. The van der Waals surface area contributed by atoms with E-state index in [1.165, 1.54) is 11.3 Å². The highest BCUT2D eigenvalue weighted by atomic mass is 32.1. The average Bonchev–Trinajstić information content (AvgIpc) is 3.12. The van der Waals surface area contributed by atoms with E-state index >= 15 is 0 Å². The normalized spacial score (nSPS) is 12.6. The largest absolute Gasteiger partial charge is 0.473 e. The van der Waals surface area contributed by atoms with Crippen LogP contribution in [0.1, 0.15) is 34.1 Å². The van der Waals surface area contributed by atoms with E-state index < -0.39 is 23.9 Å². The number of carbonyl (C=O) groups excluding carboxylic acids is 2. The predicted octanol–water partition coefficient (Wildman–Crippen LogP) is 0.103. The first-order valence-corrected chi connectivity index (χ1v) is 12.1. The van der Waals surface area contributed by atoms with Gasteiger partial charge in [0.15, 0.2) is 0 Å². The molecule has 0 spiro atoms. The number of rotatable bonds is 9. The minimum absolute atomic E-state index is 0.150. The number of hydrogen-bond acceptors (Lipinski definition) is 11. The van der Waals surface area contributed by atoms with E-state index in [1.54, 1.807) is 6.92 Å². The highest BCUT2D eigenvalue weighted by Gasteiger charge is 2.22. The van der Waals surface area contributed by atoms with Crippen molar-refractivity contribution in [3.8, 4) is 0 Å². The van der Waals surface area contributed by atoms with Gasteiger partial charge in [-0.25, -0.2) is 24.0 Å². The first-order valence-electron chi connectivity index (χ1n) is 11.3. The third-order valence-electron chi connectivity index (χ3n) is 4.70. The van der Waals surface area contributed by atoms with Crippen LogP contribution >= 0.6 is 11.3 Å². The van der Waals surface area contributed by atoms with Crippen molar-refractivity contribution in [1.82, 2.24) is 10.2 Å². The molecule has 38 heavy (non-hydrogen) atoms. The van der Waals surface area contributed by atoms with Crippen LogP contribution in [0.2, 0.25) is 0 Å². The van der Waals surface area contributed by atoms with Crippen molar-refractivity contribution in [3.63, 3.8) is 0 Å². The van der Waals surface area contributed by atoms with Crippen molar-refractivity contribution < 1.29 is 58.7 Å². The fraction of sp³-hybridized carbons (Fsp3) is 0.545. The summed E-state index contributed by atoms with van der Waals surface area (Å²) in [6.07, 6.45) is 0.985. The molecule has 0 radical (unpaired) electrons. The maximum Gasteiger partial charge on any atom is 0.414 e. The fourth-order valence-corrected chi connectivity index (χ4v) is 3.85. The van der Waals surface area contributed by atoms with Crippen LogP contribution in [-0.2, 0) is 33.4 Å². The Bertz CT molecular complexity index is 925. The topological polar surface area (TPSA) is 229 Å². The van der Waals surface area contributed by atoms with Crippen molar-refractivity contribution in [2.45, 2.75) is 27.2 Å². The van der Waals surface area contributed by atoms with Gasteiger partial charge < -0.3 is 40.5 Å². The zero-order valence-electron chi connectivity index (χ0n) is 21.3. The molecule has 0 atom stereocenters. The van der Waals surface area contributed by atoms with Gasteiger partial charge >= 0.3 is 29.8 Å². The molecule has 2 heterocycles. The van der Waals surface area contributed by atoms with E-state index in [0.717, 1.165) is 56.3 Å². The third kappa shape index (κ3) is 14.2. The van der Waals surface area contributed by atoms with Crippen LogP contribution in [0.5, 0.6) is 0 Å². The fourth-order valence-electron chi connectivity index (χ4n) is 2.79. The van der Waals surface area contributed by atoms with Gasteiger partial charge in [0.2, 0.25) is 5.91 Å². The van der Waals surface area contributed by atoms with E-state index in [-0.39, 0.29) is 18.4 Å². The number of amides is 1. The van der Waals surface area contributed by atoms with Crippen LogP contribution in [0, 0.1) is 13.8 Å². The monoisotopic (exact) mass is 563 g/mol. The van der Waals surface area contributed by atoms with Crippen LogP contribution in [0.15, 0.2) is 0 Å². The van der Waals surface area contributed by atoms with Gasteiger partial charge in [0.25, 0.3) is 0 Å². The maximum atomic E-state index is 12.2. The molecule has 1 aromatic rings. The molecule has 15 nitrogen and oxygen atoms in total. The summed E-state index contributed by atoms with van der Waals surface area (Å²) < 4.78 is 10.4. The van der Waals surface area contributed by atoms with Gasteiger partial charge in [-0.05, 0) is 45.8 Å². The molecule has 1 amide bonds. The molecule has 1 aliphatic rings. The van der Waals surface area contributed by atoms with E-state index in [2.05, 4.69) is 15.5 Å². The average molecular weight is 564 g/mol. The number of thiophene rings is 1. The Morgan fingerprint density at radius 3 is 1.95 bits per heavy atom. The molecule has 1 saturated heterocycles. The highest BCUT2D eigenvalue weighted by Crippen LogP contribution is 2.32. The predicted molar refractivity (Wildman–Crippen MR) is 134 cm³/mol. The second-order valence-electron chi connectivity index (χ2n) is 7.46. The number of aliphatic carboxylic acids is 4. The summed E-state index contributed by atoms with van der Waals surface area (Å²) in [7, 11) is 0. The second-order valence-corrected chi connectivity index (χ2v) is 8.69. The van der Waals surface area contributed by atoms with E-state index in [9.17, 15) is 9.59 Å². The van der Waals surface area contributed by atoms with Gasteiger partial charge in [0.05, 0.1) is 31.9 Å². The number of nitrogens with one attached hydrogen (secondary N) is 2. The quantitative estimate of drug-likeness (QED) is 0.133. The van der Waals surface area contributed by atoms with Crippen LogP contribution in [-0.4, -0.2) is 114 Å². The van der Waals surface area contributed by atoms with Crippen LogP contribution in [0.4, 0.5) is 5.00 Å². The molecule has 0 bridgehead atoms. The van der Waals surface area contributed by atoms with Crippen molar-refractivity contribution in [1.29, 1.82) is 0 Å². The number of nitrogens with zero attached hydrogens (tertiary/aromatic N) is 1. The first kappa shape index (κ1) is 34.4. The van der Waals surface area contributed by atoms with E-state index in [4.69, 9.17) is 49.1 Å². The van der Waals surface area contributed by atoms with Crippen molar-refractivity contribution in [2.75, 3.05) is 57.9 Å². The molecule has 1 aliphatic heterocycles. The Balaban J connectivity index is 0.000000948. The van der Waals surface area contributed by atoms with E-state index in [0.29, 0.717) is 17.2 Å². The highest BCUT2D eigenvalue weighted by molar-refractivity contribution is 7.16. The molecular weight excluding hydrogens is 530 g/mol. The minimum Gasteiger partial charge on any atom is -0.473 e. The van der Waals surface area contributed by atoms with Gasteiger partial charge in [-0.15, -0.1) is 11.3 Å². The zero-order valence-corrected chi connectivity index (χ0v) is 22.1. The lowest BCUT2D eigenvalue weighted by Crippen LogP contribution is -2.38. The number of carbonyl (C=O) groups is 6. The standard InChI is InChI=1S/C18H29N3O4S.2C2H2O4/c1-4-25-18(23)16-13(2)14(3)26-17(16)20-15(22)12-19-6-5-7-21-8-10-24-11-9-21;2*3-1(4)2(5)6/h19H,4-12H2,1-3H3,(H,20,22);2*(H,3,4)(H,5,6). The Morgan fingerprint density at radius 2 is 1.47 bits per heavy atom. The summed E-state index contributed by atoms with van der Waals surface area (Å²) >= 11 is 1.41. The number of hydrogen-bond donors (Lipinski definition) is 6. The van der Waals surface area contributed by atoms with Crippen LogP contribution in [0.3, 0.4) is 0 Å². The van der Waals surface area contributed by atoms with Gasteiger partial charge in [0, 0.05) is 18.0 Å². The number of aryl methyl sites for hydroxylation is 1.